The summed E-state index contributed by atoms with van der Waals surface area (Å²) in [5.74, 6) is 0.423. The summed E-state index contributed by atoms with van der Waals surface area (Å²) in [6, 6.07) is 6.14. The van der Waals surface area contributed by atoms with Gasteiger partial charge in [-0.1, -0.05) is 12.1 Å². The van der Waals surface area contributed by atoms with E-state index in [1.807, 2.05) is 13.1 Å². The van der Waals surface area contributed by atoms with Crippen LogP contribution >= 0.6 is 0 Å². The molecule has 0 aliphatic rings. The summed E-state index contributed by atoms with van der Waals surface area (Å²) in [5, 5.41) is 13.1. The molecule has 0 radical (unpaired) electrons. The normalized spacial score (nSPS) is 13.0. The highest BCUT2D eigenvalue weighted by molar-refractivity contribution is 5.41. The maximum atomic E-state index is 9.98. The molecule has 0 bridgehead atoms. The molecule has 1 rings (SSSR count). The maximum absolute atomic E-state index is 9.98. The topological polar surface area (TPSA) is 35.5 Å². The molecule has 17 heavy (non-hydrogen) atoms. The number of aromatic hydroxyl groups is 1. The van der Waals surface area contributed by atoms with E-state index in [4.69, 9.17) is 0 Å². The van der Waals surface area contributed by atoms with E-state index in [-0.39, 0.29) is 0 Å². The molecule has 0 aromatic heterocycles. The zero-order valence-electron chi connectivity index (χ0n) is 11.3. The number of hydrogen-bond donors (Lipinski definition) is 2. The van der Waals surface area contributed by atoms with Crippen molar-refractivity contribution in [3.63, 3.8) is 0 Å². The summed E-state index contributed by atoms with van der Waals surface area (Å²) in [5.41, 5.74) is 2.31. The third kappa shape index (κ3) is 3.72. The largest absolute Gasteiger partial charge is 0.508 e. The van der Waals surface area contributed by atoms with Crippen LogP contribution in [0.15, 0.2) is 18.2 Å². The number of benzene rings is 1. The highest BCUT2D eigenvalue weighted by Gasteiger charge is 2.14. The van der Waals surface area contributed by atoms with Gasteiger partial charge >= 0.3 is 0 Å². The lowest BCUT2D eigenvalue weighted by Crippen LogP contribution is -2.18. The van der Waals surface area contributed by atoms with Crippen LogP contribution in [0.2, 0.25) is 0 Å². The number of rotatable bonds is 6. The van der Waals surface area contributed by atoms with Gasteiger partial charge in [-0.05, 0) is 64.6 Å². The van der Waals surface area contributed by atoms with Crippen molar-refractivity contribution in [1.29, 1.82) is 0 Å². The van der Waals surface area contributed by atoms with Gasteiger partial charge < -0.3 is 15.3 Å². The van der Waals surface area contributed by atoms with Crippen molar-refractivity contribution in [2.24, 2.45) is 0 Å². The van der Waals surface area contributed by atoms with E-state index in [1.165, 1.54) is 5.56 Å². The van der Waals surface area contributed by atoms with Crippen molar-refractivity contribution in [2.45, 2.75) is 25.8 Å². The summed E-state index contributed by atoms with van der Waals surface area (Å²) in [6.07, 6.45) is 1.96. The Balaban J connectivity index is 2.91. The fourth-order valence-corrected chi connectivity index (χ4v) is 1.98. The van der Waals surface area contributed by atoms with Crippen LogP contribution in [0.25, 0.3) is 0 Å². The van der Waals surface area contributed by atoms with E-state index in [0.717, 1.165) is 24.9 Å². The number of phenolic OH excluding ortho intramolecular Hbond substituents is 1. The van der Waals surface area contributed by atoms with Gasteiger partial charge in [-0.15, -0.1) is 0 Å². The van der Waals surface area contributed by atoms with Crippen molar-refractivity contribution < 1.29 is 5.11 Å². The highest BCUT2D eigenvalue weighted by atomic mass is 16.3. The second-order valence-corrected chi connectivity index (χ2v) is 4.69. The van der Waals surface area contributed by atoms with Crippen LogP contribution in [-0.2, 0) is 6.42 Å². The Morgan fingerprint density at radius 3 is 2.65 bits per heavy atom. The second kappa shape index (κ2) is 6.62. The van der Waals surface area contributed by atoms with E-state index in [0.29, 0.717) is 11.8 Å². The monoisotopic (exact) mass is 236 g/mol. The van der Waals surface area contributed by atoms with Gasteiger partial charge in [-0.25, -0.2) is 0 Å². The first-order chi connectivity index (χ1) is 8.07. The van der Waals surface area contributed by atoms with E-state index in [1.54, 1.807) is 6.07 Å². The molecule has 1 unspecified atom stereocenters. The lowest BCUT2D eigenvalue weighted by molar-refractivity contribution is 0.318. The Morgan fingerprint density at radius 1 is 1.35 bits per heavy atom. The summed E-state index contributed by atoms with van der Waals surface area (Å²) in [4.78, 5) is 2.16. The highest BCUT2D eigenvalue weighted by Crippen LogP contribution is 2.29. The maximum Gasteiger partial charge on any atom is 0.119 e. The van der Waals surface area contributed by atoms with Crippen LogP contribution < -0.4 is 5.32 Å². The summed E-state index contributed by atoms with van der Waals surface area (Å²) in [6.45, 7) is 3.14. The smallest absolute Gasteiger partial charge is 0.119 e. The predicted molar refractivity (Wildman–Crippen MR) is 72.5 cm³/mol. The molecule has 96 valence electrons. The van der Waals surface area contributed by atoms with E-state index >= 15 is 0 Å². The molecular formula is C14H24N2O. The van der Waals surface area contributed by atoms with Gasteiger partial charge in [0.1, 0.15) is 5.75 Å². The van der Waals surface area contributed by atoms with Crippen LogP contribution in [0, 0.1) is 0 Å². The zero-order valence-corrected chi connectivity index (χ0v) is 11.3. The molecular weight excluding hydrogens is 212 g/mol. The van der Waals surface area contributed by atoms with Crippen molar-refractivity contribution in [3.05, 3.63) is 29.3 Å². The van der Waals surface area contributed by atoms with E-state index in [9.17, 15) is 5.11 Å². The van der Waals surface area contributed by atoms with Crippen LogP contribution in [0.5, 0.6) is 5.75 Å². The molecule has 1 atom stereocenters. The Kier molecular flexibility index (Phi) is 5.45. The number of nitrogens with zero attached hydrogens (tertiary/aromatic N) is 1. The average molecular weight is 236 g/mol. The molecule has 1 aromatic rings. The SMILES string of the molecule is CNCCCc1c(O)cccc1C(C)N(C)C. The predicted octanol–water partition coefficient (Wildman–Crippen LogP) is 2.17. The summed E-state index contributed by atoms with van der Waals surface area (Å²) < 4.78 is 0. The second-order valence-electron chi connectivity index (χ2n) is 4.69. The summed E-state index contributed by atoms with van der Waals surface area (Å²) >= 11 is 0. The molecule has 0 fully saturated rings. The minimum atomic E-state index is 0.326. The van der Waals surface area contributed by atoms with Crippen LogP contribution in [0.3, 0.4) is 0 Å². The molecule has 0 aliphatic heterocycles. The molecule has 1 aromatic carbocycles. The van der Waals surface area contributed by atoms with E-state index in [2.05, 4.69) is 37.3 Å². The Hall–Kier alpha value is -1.06. The van der Waals surface area contributed by atoms with Crippen molar-refractivity contribution >= 4 is 0 Å². The molecule has 0 saturated carbocycles. The molecule has 0 spiro atoms. The number of hydrogen-bond acceptors (Lipinski definition) is 3. The molecule has 0 saturated heterocycles. The first-order valence-electron chi connectivity index (χ1n) is 6.19. The fraction of sp³-hybridized carbons (Fsp3) is 0.571. The van der Waals surface area contributed by atoms with Crippen molar-refractivity contribution in [1.82, 2.24) is 10.2 Å². The first kappa shape index (κ1) is 14.0. The van der Waals surface area contributed by atoms with Gasteiger partial charge in [0.2, 0.25) is 0 Å². The van der Waals surface area contributed by atoms with Gasteiger partial charge in [0.05, 0.1) is 0 Å². The molecule has 0 amide bonds. The standard InChI is InChI=1S/C14H24N2O/c1-11(16(3)4)12-7-5-9-14(17)13(12)8-6-10-15-2/h5,7,9,11,15,17H,6,8,10H2,1-4H3. The molecule has 3 nitrogen and oxygen atoms in total. The van der Waals surface area contributed by atoms with E-state index < -0.39 is 0 Å². The Morgan fingerprint density at radius 2 is 2.06 bits per heavy atom. The third-order valence-corrected chi connectivity index (χ3v) is 3.27. The van der Waals surface area contributed by atoms with Crippen LogP contribution in [0.1, 0.15) is 30.5 Å². The minimum absolute atomic E-state index is 0.326. The summed E-state index contributed by atoms with van der Waals surface area (Å²) in [7, 11) is 6.08. The Bertz CT molecular complexity index is 350. The molecule has 3 heteroatoms. The minimum Gasteiger partial charge on any atom is -0.508 e. The first-order valence-corrected chi connectivity index (χ1v) is 6.19. The molecule has 0 aliphatic carbocycles. The van der Waals surface area contributed by atoms with Gasteiger partial charge in [-0.3, -0.25) is 0 Å². The molecule has 2 N–H and O–H groups in total. The lowest BCUT2D eigenvalue weighted by Gasteiger charge is -2.23. The third-order valence-electron chi connectivity index (χ3n) is 3.27. The Labute approximate surface area is 104 Å². The van der Waals surface area contributed by atoms with Crippen LogP contribution in [-0.4, -0.2) is 37.7 Å². The van der Waals surface area contributed by atoms with Gasteiger partial charge in [0, 0.05) is 6.04 Å². The lowest BCUT2D eigenvalue weighted by atomic mass is 9.96. The quantitative estimate of drug-likeness (QED) is 0.743. The van der Waals surface area contributed by atoms with Crippen molar-refractivity contribution in [3.8, 4) is 5.75 Å². The molecule has 0 heterocycles. The van der Waals surface area contributed by atoms with Gasteiger partial charge in [-0.2, -0.15) is 0 Å². The average Bonchev–Trinajstić information content (AvgIpc) is 2.30. The van der Waals surface area contributed by atoms with Gasteiger partial charge in [0.15, 0.2) is 0 Å². The number of nitrogens with one attached hydrogen (secondary N) is 1. The van der Waals surface area contributed by atoms with Gasteiger partial charge in [0.25, 0.3) is 0 Å². The number of phenols is 1. The fourth-order valence-electron chi connectivity index (χ4n) is 1.98. The van der Waals surface area contributed by atoms with Crippen LogP contribution in [0.4, 0.5) is 0 Å². The van der Waals surface area contributed by atoms with Crippen molar-refractivity contribution in [2.75, 3.05) is 27.7 Å². The zero-order chi connectivity index (χ0) is 12.8.